The molecule has 0 aliphatic rings. The number of carbonyl (C=O) groups is 2. The molecule has 0 radical (unpaired) electrons. The van der Waals surface area contributed by atoms with E-state index >= 15 is 0 Å². The zero-order valence-corrected chi connectivity index (χ0v) is 39.2. The van der Waals surface area contributed by atoms with Crippen molar-refractivity contribution in [3.8, 4) is 0 Å². The average Bonchev–Trinajstić information content (AvgIpc) is 3.24. The molecule has 6 nitrogen and oxygen atoms in total. The van der Waals surface area contributed by atoms with Crippen LogP contribution in [0.1, 0.15) is 264 Å². The van der Waals surface area contributed by atoms with Crippen LogP contribution in [0.25, 0.3) is 0 Å². The molecule has 6 heteroatoms. The summed E-state index contributed by atoms with van der Waals surface area (Å²) in [5.41, 5.74) is 0. The number of aliphatic hydroxyl groups is 2. The van der Waals surface area contributed by atoms with Gasteiger partial charge in [-0.25, -0.2) is 0 Å². The van der Waals surface area contributed by atoms with E-state index in [1.54, 1.807) is 6.08 Å². The van der Waals surface area contributed by atoms with Gasteiger partial charge in [-0.05, 0) is 83.5 Å². The molecule has 0 spiro atoms. The van der Waals surface area contributed by atoms with Crippen molar-refractivity contribution >= 4 is 11.9 Å². The zero-order chi connectivity index (χ0) is 43.0. The van der Waals surface area contributed by atoms with Crippen LogP contribution in [0.5, 0.6) is 0 Å². The van der Waals surface area contributed by atoms with Gasteiger partial charge in [0.05, 0.1) is 25.4 Å². The maximum absolute atomic E-state index is 12.4. The lowest BCUT2D eigenvalue weighted by molar-refractivity contribution is -0.143. The smallest absolute Gasteiger partial charge is 0.305 e. The Bertz CT molecular complexity index is 962. The molecule has 0 aliphatic heterocycles. The van der Waals surface area contributed by atoms with Gasteiger partial charge in [0.2, 0.25) is 5.91 Å². The third-order valence-corrected chi connectivity index (χ3v) is 11.6. The average molecular weight is 830 g/mol. The lowest BCUT2D eigenvalue weighted by Crippen LogP contribution is -2.45. The fourth-order valence-corrected chi connectivity index (χ4v) is 7.62. The van der Waals surface area contributed by atoms with Gasteiger partial charge in [-0.3, -0.25) is 9.59 Å². The molecule has 0 saturated heterocycles. The molecule has 59 heavy (non-hydrogen) atoms. The molecule has 0 bridgehead atoms. The Morgan fingerprint density at radius 2 is 0.797 bits per heavy atom. The Morgan fingerprint density at radius 3 is 1.24 bits per heavy atom. The molecule has 0 aromatic carbocycles. The van der Waals surface area contributed by atoms with Gasteiger partial charge in [0.25, 0.3) is 0 Å². The fourth-order valence-electron chi connectivity index (χ4n) is 7.62. The number of hydrogen-bond donors (Lipinski definition) is 3. The molecule has 0 rings (SSSR count). The summed E-state index contributed by atoms with van der Waals surface area (Å²) in [7, 11) is 0. The van der Waals surface area contributed by atoms with E-state index in [0.717, 1.165) is 70.6 Å². The van der Waals surface area contributed by atoms with Crippen LogP contribution in [0, 0.1) is 0 Å². The summed E-state index contributed by atoms with van der Waals surface area (Å²) in [6, 6.07) is -0.648. The van der Waals surface area contributed by atoms with Gasteiger partial charge >= 0.3 is 5.97 Å². The van der Waals surface area contributed by atoms with Crippen LogP contribution in [0.3, 0.4) is 0 Å². The third kappa shape index (κ3) is 45.4. The number of rotatable bonds is 47. The Balaban J connectivity index is 3.55. The molecule has 2 unspecified atom stereocenters. The maximum atomic E-state index is 12.4. The molecule has 0 aromatic heterocycles. The van der Waals surface area contributed by atoms with Crippen molar-refractivity contribution < 1.29 is 24.5 Å². The summed E-state index contributed by atoms with van der Waals surface area (Å²) in [4.78, 5) is 24.4. The molecule has 0 fully saturated rings. The lowest BCUT2D eigenvalue weighted by atomic mass is 10.0. The minimum Gasteiger partial charge on any atom is -0.466 e. The van der Waals surface area contributed by atoms with Crippen LogP contribution < -0.4 is 5.32 Å². The number of ether oxygens (including phenoxy) is 1. The van der Waals surface area contributed by atoms with Crippen molar-refractivity contribution in [2.45, 2.75) is 276 Å². The minimum atomic E-state index is -0.862. The fraction of sp³-hybridized carbons (Fsp3) is 0.849. The third-order valence-electron chi connectivity index (χ3n) is 11.6. The van der Waals surface area contributed by atoms with Crippen LogP contribution in [0.2, 0.25) is 0 Å². The Labute approximate surface area is 366 Å². The quantitative estimate of drug-likeness (QED) is 0.0323. The highest BCUT2D eigenvalue weighted by Gasteiger charge is 2.18. The van der Waals surface area contributed by atoms with Crippen molar-refractivity contribution in [2.75, 3.05) is 13.2 Å². The largest absolute Gasteiger partial charge is 0.466 e. The van der Waals surface area contributed by atoms with Crippen molar-refractivity contribution in [2.24, 2.45) is 0 Å². The maximum Gasteiger partial charge on any atom is 0.305 e. The van der Waals surface area contributed by atoms with Gasteiger partial charge in [-0.1, -0.05) is 204 Å². The second-order valence-electron chi connectivity index (χ2n) is 17.5. The zero-order valence-electron chi connectivity index (χ0n) is 39.2. The Morgan fingerprint density at radius 1 is 0.458 bits per heavy atom. The summed E-state index contributed by atoms with van der Waals surface area (Å²) >= 11 is 0. The van der Waals surface area contributed by atoms with Crippen LogP contribution in [-0.4, -0.2) is 47.4 Å². The van der Waals surface area contributed by atoms with E-state index < -0.39 is 12.1 Å². The number of aliphatic hydroxyl groups excluding tert-OH is 2. The summed E-state index contributed by atoms with van der Waals surface area (Å²) < 4.78 is 5.44. The number of esters is 1. The van der Waals surface area contributed by atoms with Crippen LogP contribution in [0.4, 0.5) is 0 Å². The topological polar surface area (TPSA) is 95.9 Å². The highest BCUT2D eigenvalue weighted by Crippen LogP contribution is 2.15. The molecule has 2 atom stereocenters. The first-order valence-corrected chi connectivity index (χ1v) is 25.8. The molecule has 0 aliphatic carbocycles. The number of hydrogen-bond acceptors (Lipinski definition) is 5. The van der Waals surface area contributed by atoms with Crippen molar-refractivity contribution in [3.63, 3.8) is 0 Å². The summed E-state index contributed by atoms with van der Waals surface area (Å²) in [6.45, 7) is 4.84. The van der Waals surface area contributed by atoms with Crippen molar-refractivity contribution in [3.05, 3.63) is 36.5 Å². The van der Waals surface area contributed by atoms with E-state index in [0.29, 0.717) is 19.4 Å². The van der Waals surface area contributed by atoms with Crippen LogP contribution in [-0.2, 0) is 14.3 Å². The number of allylic oxidation sites excluding steroid dienone is 5. The lowest BCUT2D eigenvalue weighted by Gasteiger charge is -2.19. The van der Waals surface area contributed by atoms with E-state index in [-0.39, 0.29) is 18.5 Å². The SMILES string of the molecule is CCCCCC/C=C\CCCCCCCC(=O)OCCCCCCCC/C=C\CCCCCC(=O)NC(CO)C(O)/C=C/CCCCCCCCCCCCCCCC. The van der Waals surface area contributed by atoms with Gasteiger partial charge in [-0.2, -0.15) is 0 Å². The number of nitrogens with one attached hydrogen (secondary N) is 1. The Hall–Kier alpha value is -1.92. The van der Waals surface area contributed by atoms with E-state index in [1.807, 2.05) is 6.08 Å². The molecule has 0 aromatic rings. The summed E-state index contributed by atoms with van der Waals surface area (Å²) in [6.07, 6.45) is 58.5. The normalized spacial score (nSPS) is 12.9. The molecule has 1 amide bonds. The number of carbonyl (C=O) groups excluding carboxylic acids is 2. The molecule has 346 valence electrons. The van der Waals surface area contributed by atoms with Gasteiger partial charge in [0, 0.05) is 12.8 Å². The second kappa shape index (κ2) is 48.7. The standard InChI is InChI=1S/C53H99NO5/c1-3-5-7-9-11-13-15-17-18-19-22-25-29-33-37-41-45-51(56)50(49-55)54-52(57)46-42-38-34-30-26-23-20-24-28-32-36-40-44-48-59-53(58)47-43-39-35-31-27-21-16-14-12-10-8-6-4-2/h14,16,23,26,41,45,50-51,55-56H,3-13,15,17-22,24-25,27-40,42-44,46-49H2,1-2H3,(H,54,57)/b16-14-,26-23-,45-41+. The molecule has 0 heterocycles. The van der Waals surface area contributed by atoms with E-state index in [1.165, 1.54) is 167 Å². The predicted octanol–water partition coefficient (Wildman–Crippen LogP) is 15.3. The summed E-state index contributed by atoms with van der Waals surface area (Å²) in [5, 5.41) is 23.0. The van der Waals surface area contributed by atoms with Gasteiger partial charge < -0.3 is 20.3 Å². The van der Waals surface area contributed by atoms with E-state index in [9.17, 15) is 19.8 Å². The monoisotopic (exact) mass is 830 g/mol. The van der Waals surface area contributed by atoms with Crippen LogP contribution >= 0.6 is 0 Å². The van der Waals surface area contributed by atoms with Gasteiger partial charge in [0.1, 0.15) is 0 Å². The second-order valence-corrected chi connectivity index (χ2v) is 17.5. The van der Waals surface area contributed by atoms with Crippen molar-refractivity contribution in [1.82, 2.24) is 5.32 Å². The number of unbranched alkanes of at least 4 members (excludes halogenated alkanes) is 32. The molecular formula is C53H99NO5. The highest BCUT2D eigenvalue weighted by atomic mass is 16.5. The first kappa shape index (κ1) is 57.1. The first-order valence-electron chi connectivity index (χ1n) is 25.8. The first-order chi connectivity index (χ1) is 29.0. The minimum absolute atomic E-state index is 0.0238. The van der Waals surface area contributed by atoms with Crippen LogP contribution in [0.15, 0.2) is 36.5 Å². The van der Waals surface area contributed by atoms with E-state index in [2.05, 4.69) is 43.5 Å². The van der Waals surface area contributed by atoms with Gasteiger partial charge in [-0.15, -0.1) is 0 Å². The van der Waals surface area contributed by atoms with Gasteiger partial charge in [0.15, 0.2) is 0 Å². The molecule has 3 N–H and O–H groups in total. The number of amides is 1. The van der Waals surface area contributed by atoms with Crippen molar-refractivity contribution in [1.29, 1.82) is 0 Å². The highest BCUT2D eigenvalue weighted by molar-refractivity contribution is 5.76. The summed E-state index contributed by atoms with van der Waals surface area (Å²) in [5.74, 6) is -0.122. The predicted molar refractivity (Wildman–Crippen MR) is 255 cm³/mol. The molecular weight excluding hydrogens is 731 g/mol. The molecule has 0 saturated carbocycles. The Kier molecular flexibility index (Phi) is 47.2. The van der Waals surface area contributed by atoms with E-state index in [4.69, 9.17) is 4.74 Å².